The number of nitrogen functional groups attached to an aromatic ring is 1. The molecule has 0 spiro atoms. The molecule has 0 saturated heterocycles. The third-order valence-electron chi connectivity index (χ3n) is 2.87. The van der Waals surface area contributed by atoms with Crippen molar-refractivity contribution in [3.05, 3.63) is 41.9 Å². The number of pyridine rings is 1. The first kappa shape index (κ1) is 13.1. The van der Waals surface area contributed by atoms with E-state index in [4.69, 9.17) is 5.73 Å². The fraction of sp³-hybridized carbons (Fsp3) is 0.308. The smallest absolute Gasteiger partial charge is 0.220 e. The Hall–Kier alpha value is -2.37. The van der Waals surface area contributed by atoms with E-state index in [9.17, 15) is 4.79 Å². The van der Waals surface area contributed by atoms with E-state index < -0.39 is 0 Å². The Balaban J connectivity index is 1.78. The number of amides is 1. The lowest BCUT2D eigenvalue weighted by molar-refractivity contribution is -0.121. The van der Waals surface area contributed by atoms with Crippen molar-refractivity contribution in [3.63, 3.8) is 0 Å². The second-order valence-electron chi connectivity index (χ2n) is 4.28. The Labute approximate surface area is 111 Å². The quantitative estimate of drug-likeness (QED) is 0.825. The van der Waals surface area contributed by atoms with Crippen molar-refractivity contribution in [1.29, 1.82) is 0 Å². The molecule has 0 fully saturated rings. The predicted octanol–water partition coefficient (Wildman–Crippen LogP) is 0.646. The maximum Gasteiger partial charge on any atom is 0.220 e. The van der Waals surface area contributed by atoms with Crippen molar-refractivity contribution in [2.24, 2.45) is 7.05 Å². The highest BCUT2D eigenvalue weighted by Gasteiger charge is 2.07. The first-order valence-electron chi connectivity index (χ1n) is 6.10. The number of aryl methyl sites for hydroxylation is 2. The lowest BCUT2D eigenvalue weighted by atomic mass is 10.2. The first-order chi connectivity index (χ1) is 9.16. The summed E-state index contributed by atoms with van der Waals surface area (Å²) < 4.78 is 1.58. The minimum Gasteiger partial charge on any atom is -0.384 e. The van der Waals surface area contributed by atoms with Crippen molar-refractivity contribution in [2.75, 3.05) is 5.73 Å². The molecule has 2 rings (SSSR count). The SMILES string of the molecule is Cn1ncc(CNC(=O)CCc2ccccn2)c1N. The second kappa shape index (κ2) is 5.99. The lowest BCUT2D eigenvalue weighted by Crippen LogP contribution is -2.23. The van der Waals surface area contributed by atoms with Gasteiger partial charge in [-0.1, -0.05) is 6.07 Å². The first-order valence-corrected chi connectivity index (χ1v) is 6.10. The van der Waals surface area contributed by atoms with Gasteiger partial charge in [-0.15, -0.1) is 0 Å². The summed E-state index contributed by atoms with van der Waals surface area (Å²) in [5, 5.41) is 6.84. The van der Waals surface area contributed by atoms with Gasteiger partial charge in [-0.05, 0) is 18.6 Å². The predicted molar refractivity (Wildman–Crippen MR) is 72.0 cm³/mol. The monoisotopic (exact) mass is 259 g/mol. The minimum absolute atomic E-state index is 0.0195. The number of nitrogens with one attached hydrogen (secondary N) is 1. The summed E-state index contributed by atoms with van der Waals surface area (Å²) in [7, 11) is 1.77. The average molecular weight is 259 g/mol. The van der Waals surface area contributed by atoms with Crippen molar-refractivity contribution >= 4 is 11.7 Å². The Morgan fingerprint density at radius 3 is 2.95 bits per heavy atom. The van der Waals surface area contributed by atoms with Crippen LogP contribution in [0.2, 0.25) is 0 Å². The molecule has 0 aromatic carbocycles. The van der Waals surface area contributed by atoms with Gasteiger partial charge in [0.15, 0.2) is 0 Å². The maximum absolute atomic E-state index is 11.7. The minimum atomic E-state index is -0.0195. The van der Waals surface area contributed by atoms with Crippen LogP contribution in [0.15, 0.2) is 30.6 Å². The van der Waals surface area contributed by atoms with Gasteiger partial charge >= 0.3 is 0 Å². The van der Waals surface area contributed by atoms with Crippen LogP contribution in [-0.4, -0.2) is 20.7 Å². The van der Waals surface area contributed by atoms with Crippen molar-refractivity contribution in [1.82, 2.24) is 20.1 Å². The average Bonchev–Trinajstić information content (AvgIpc) is 2.75. The number of nitrogens with zero attached hydrogens (tertiary/aromatic N) is 3. The highest BCUT2D eigenvalue weighted by atomic mass is 16.1. The summed E-state index contributed by atoms with van der Waals surface area (Å²) in [5.74, 6) is 0.555. The molecule has 100 valence electrons. The summed E-state index contributed by atoms with van der Waals surface area (Å²) in [6, 6.07) is 5.68. The number of hydrogen-bond acceptors (Lipinski definition) is 4. The zero-order valence-electron chi connectivity index (χ0n) is 10.8. The number of aromatic nitrogens is 3. The normalized spacial score (nSPS) is 10.4. The summed E-state index contributed by atoms with van der Waals surface area (Å²) in [5.41, 5.74) is 7.54. The van der Waals surface area contributed by atoms with Gasteiger partial charge in [0, 0.05) is 37.5 Å². The van der Waals surface area contributed by atoms with Gasteiger partial charge < -0.3 is 11.1 Å². The molecular weight excluding hydrogens is 242 g/mol. The van der Waals surface area contributed by atoms with E-state index in [2.05, 4.69) is 15.4 Å². The highest BCUT2D eigenvalue weighted by Crippen LogP contribution is 2.08. The standard InChI is InChI=1S/C13H17N5O/c1-18-13(14)10(9-17-18)8-16-12(19)6-5-11-4-2-3-7-15-11/h2-4,7,9H,5-6,8,14H2,1H3,(H,16,19). The Morgan fingerprint density at radius 1 is 1.47 bits per heavy atom. The van der Waals surface area contributed by atoms with Crippen LogP contribution in [0.5, 0.6) is 0 Å². The Bertz CT molecular complexity index is 549. The number of carbonyl (C=O) groups is 1. The molecule has 3 N–H and O–H groups in total. The summed E-state index contributed by atoms with van der Waals surface area (Å²) in [6.45, 7) is 0.403. The van der Waals surface area contributed by atoms with Crippen molar-refractivity contribution in [2.45, 2.75) is 19.4 Å². The van der Waals surface area contributed by atoms with E-state index in [1.807, 2.05) is 18.2 Å². The Morgan fingerprint density at radius 2 is 2.32 bits per heavy atom. The summed E-state index contributed by atoms with van der Waals surface area (Å²) in [4.78, 5) is 15.9. The molecule has 6 nitrogen and oxygen atoms in total. The van der Waals surface area contributed by atoms with Gasteiger partial charge in [0.05, 0.1) is 6.20 Å². The molecular formula is C13H17N5O. The third-order valence-corrected chi connectivity index (χ3v) is 2.87. The van der Waals surface area contributed by atoms with Crippen molar-refractivity contribution < 1.29 is 4.79 Å². The zero-order valence-corrected chi connectivity index (χ0v) is 10.8. The molecule has 2 aromatic heterocycles. The topological polar surface area (TPSA) is 85.8 Å². The van der Waals surface area contributed by atoms with Gasteiger partial charge in [0.1, 0.15) is 5.82 Å². The fourth-order valence-electron chi connectivity index (χ4n) is 1.70. The van der Waals surface area contributed by atoms with Gasteiger partial charge in [0.25, 0.3) is 0 Å². The third kappa shape index (κ3) is 3.54. The molecule has 2 aromatic rings. The van der Waals surface area contributed by atoms with Crippen LogP contribution in [-0.2, 0) is 24.8 Å². The Kier molecular flexibility index (Phi) is 4.12. The molecule has 0 atom stereocenters. The van der Waals surface area contributed by atoms with Crippen LogP contribution < -0.4 is 11.1 Å². The molecule has 0 aliphatic heterocycles. The summed E-state index contributed by atoms with van der Waals surface area (Å²) in [6.07, 6.45) is 4.43. The van der Waals surface area contributed by atoms with Crippen LogP contribution in [0.25, 0.3) is 0 Å². The zero-order chi connectivity index (χ0) is 13.7. The van der Waals surface area contributed by atoms with E-state index in [1.165, 1.54) is 0 Å². The summed E-state index contributed by atoms with van der Waals surface area (Å²) >= 11 is 0. The molecule has 0 aliphatic rings. The number of hydrogen-bond donors (Lipinski definition) is 2. The highest BCUT2D eigenvalue weighted by molar-refractivity contribution is 5.76. The number of carbonyl (C=O) groups excluding carboxylic acids is 1. The molecule has 2 heterocycles. The molecule has 6 heteroatoms. The maximum atomic E-state index is 11.7. The van der Waals surface area contributed by atoms with Gasteiger partial charge in [-0.3, -0.25) is 14.5 Å². The van der Waals surface area contributed by atoms with E-state index in [0.29, 0.717) is 25.2 Å². The van der Waals surface area contributed by atoms with Crippen LogP contribution >= 0.6 is 0 Å². The van der Waals surface area contributed by atoms with Crippen molar-refractivity contribution in [3.8, 4) is 0 Å². The van der Waals surface area contributed by atoms with E-state index >= 15 is 0 Å². The molecule has 1 amide bonds. The van der Waals surface area contributed by atoms with Crippen LogP contribution in [0.3, 0.4) is 0 Å². The number of nitrogens with two attached hydrogens (primary N) is 1. The van der Waals surface area contributed by atoms with E-state index in [1.54, 1.807) is 24.1 Å². The largest absolute Gasteiger partial charge is 0.384 e. The number of rotatable bonds is 5. The van der Waals surface area contributed by atoms with Gasteiger partial charge in [-0.25, -0.2) is 0 Å². The molecule has 0 radical (unpaired) electrons. The molecule has 0 aliphatic carbocycles. The molecule has 0 unspecified atom stereocenters. The fourth-order valence-corrected chi connectivity index (χ4v) is 1.70. The van der Waals surface area contributed by atoms with Crippen LogP contribution in [0, 0.1) is 0 Å². The van der Waals surface area contributed by atoms with E-state index in [0.717, 1.165) is 11.3 Å². The van der Waals surface area contributed by atoms with Gasteiger partial charge in [-0.2, -0.15) is 5.10 Å². The second-order valence-corrected chi connectivity index (χ2v) is 4.28. The van der Waals surface area contributed by atoms with Crippen LogP contribution in [0.4, 0.5) is 5.82 Å². The van der Waals surface area contributed by atoms with Gasteiger partial charge in [0.2, 0.25) is 5.91 Å². The van der Waals surface area contributed by atoms with E-state index in [-0.39, 0.29) is 5.91 Å². The lowest BCUT2D eigenvalue weighted by Gasteiger charge is -2.04. The molecule has 0 saturated carbocycles. The molecule has 19 heavy (non-hydrogen) atoms. The number of anilines is 1. The van der Waals surface area contributed by atoms with Crippen LogP contribution in [0.1, 0.15) is 17.7 Å². The molecule has 0 bridgehead atoms.